The Balaban J connectivity index is 2.88. The van der Waals surface area contributed by atoms with Crippen molar-refractivity contribution in [2.45, 2.75) is 31.8 Å². The van der Waals surface area contributed by atoms with Crippen LogP contribution < -0.4 is 5.73 Å². The highest BCUT2D eigenvalue weighted by Crippen LogP contribution is 2.20. The van der Waals surface area contributed by atoms with Crippen molar-refractivity contribution in [2.24, 2.45) is 5.73 Å². The Morgan fingerprint density at radius 3 is 2.41 bits per heavy atom. The fourth-order valence-corrected chi connectivity index (χ4v) is 1.52. The minimum absolute atomic E-state index is 0.270. The third-order valence-corrected chi connectivity index (χ3v) is 3.53. The molecule has 0 aliphatic heterocycles. The molecule has 1 unspecified atom stereocenters. The lowest BCUT2D eigenvalue weighted by Crippen LogP contribution is -2.54. The molecule has 0 fully saturated rings. The SMILES string of the molecule is CN(C)C(C)(C)C(N)Cc1cccc(F)c1F. The number of nitrogens with two attached hydrogens (primary N) is 1. The molecule has 1 aromatic carbocycles. The lowest BCUT2D eigenvalue weighted by atomic mass is 9.89. The van der Waals surface area contributed by atoms with E-state index in [9.17, 15) is 8.78 Å². The molecule has 0 aliphatic carbocycles. The van der Waals surface area contributed by atoms with Crippen LogP contribution in [0.5, 0.6) is 0 Å². The maximum absolute atomic E-state index is 13.5. The summed E-state index contributed by atoms with van der Waals surface area (Å²) in [6.45, 7) is 3.96. The summed E-state index contributed by atoms with van der Waals surface area (Å²) < 4.78 is 26.6. The Morgan fingerprint density at radius 1 is 1.29 bits per heavy atom. The zero-order valence-electron chi connectivity index (χ0n) is 10.8. The van der Waals surface area contributed by atoms with Crippen LogP contribution in [0.15, 0.2) is 18.2 Å². The minimum Gasteiger partial charge on any atom is -0.326 e. The van der Waals surface area contributed by atoms with Crippen LogP contribution in [-0.4, -0.2) is 30.6 Å². The highest BCUT2D eigenvalue weighted by Gasteiger charge is 2.29. The van der Waals surface area contributed by atoms with E-state index in [4.69, 9.17) is 5.73 Å². The third-order valence-electron chi connectivity index (χ3n) is 3.53. The zero-order chi connectivity index (χ0) is 13.2. The molecule has 2 nitrogen and oxygen atoms in total. The zero-order valence-corrected chi connectivity index (χ0v) is 10.8. The van der Waals surface area contributed by atoms with Crippen LogP contribution in [-0.2, 0) is 6.42 Å². The Bertz CT molecular complexity index is 389. The molecule has 0 radical (unpaired) electrons. The van der Waals surface area contributed by atoms with Gasteiger partial charge in [-0.25, -0.2) is 8.78 Å². The molecule has 0 heterocycles. The third kappa shape index (κ3) is 3.01. The van der Waals surface area contributed by atoms with Crippen molar-refractivity contribution in [1.29, 1.82) is 0 Å². The van der Waals surface area contributed by atoms with Crippen LogP contribution in [0.4, 0.5) is 8.78 Å². The van der Waals surface area contributed by atoms with Crippen LogP contribution in [0.3, 0.4) is 0 Å². The highest BCUT2D eigenvalue weighted by atomic mass is 19.2. The van der Waals surface area contributed by atoms with Crippen molar-refractivity contribution in [3.05, 3.63) is 35.4 Å². The maximum Gasteiger partial charge on any atom is 0.162 e. The fourth-order valence-electron chi connectivity index (χ4n) is 1.52. The van der Waals surface area contributed by atoms with Gasteiger partial charge in [0.1, 0.15) is 0 Å². The Labute approximate surface area is 101 Å². The summed E-state index contributed by atoms with van der Waals surface area (Å²) >= 11 is 0. The summed E-state index contributed by atoms with van der Waals surface area (Å²) in [5, 5.41) is 0. The van der Waals surface area contributed by atoms with Crippen molar-refractivity contribution in [3.8, 4) is 0 Å². The van der Waals surface area contributed by atoms with Crippen molar-refractivity contribution >= 4 is 0 Å². The lowest BCUT2D eigenvalue weighted by molar-refractivity contribution is 0.157. The molecule has 4 heteroatoms. The molecule has 0 spiro atoms. The van der Waals surface area contributed by atoms with Gasteiger partial charge >= 0.3 is 0 Å². The van der Waals surface area contributed by atoms with Crippen LogP contribution in [0.25, 0.3) is 0 Å². The lowest BCUT2D eigenvalue weighted by Gasteiger charge is -2.38. The first-order valence-corrected chi connectivity index (χ1v) is 5.62. The van der Waals surface area contributed by atoms with E-state index in [1.807, 2.05) is 32.8 Å². The maximum atomic E-state index is 13.5. The second-order valence-electron chi connectivity index (χ2n) is 5.07. The number of hydrogen-bond donors (Lipinski definition) is 1. The largest absolute Gasteiger partial charge is 0.326 e. The van der Waals surface area contributed by atoms with Gasteiger partial charge in [-0.1, -0.05) is 12.1 Å². The predicted octanol–water partition coefficient (Wildman–Crippen LogP) is 2.17. The minimum atomic E-state index is -0.822. The summed E-state index contributed by atoms with van der Waals surface area (Å²) in [6, 6.07) is 3.92. The fraction of sp³-hybridized carbons (Fsp3) is 0.538. The van der Waals surface area contributed by atoms with E-state index < -0.39 is 11.6 Å². The second kappa shape index (κ2) is 5.10. The first kappa shape index (κ1) is 14.1. The molecule has 1 rings (SSSR count). The molecule has 17 heavy (non-hydrogen) atoms. The molecule has 2 N–H and O–H groups in total. The van der Waals surface area contributed by atoms with Crippen molar-refractivity contribution < 1.29 is 8.78 Å². The average Bonchev–Trinajstić information content (AvgIpc) is 2.24. The first-order chi connectivity index (χ1) is 7.76. The van der Waals surface area contributed by atoms with Gasteiger partial charge < -0.3 is 10.6 Å². The van der Waals surface area contributed by atoms with Gasteiger partial charge in [-0.05, 0) is 46.0 Å². The number of likely N-dealkylation sites (N-methyl/N-ethyl adjacent to an activating group) is 1. The van der Waals surface area contributed by atoms with Crippen LogP contribution in [0.2, 0.25) is 0 Å². The van der Waals surface area contributed by atoms with Gasteiger partial charge in [-0.2, -0.15) is 0 Å². The van der Waals surface area contributed by atoms with Gasteiger partial charge in [0.05, 0.1) is 0 Å². The smallest absolute Gasteiger partial charge is 0.162 e. The first-order valence-electron chi connectivity index (χ1n) is 5.62. The standard InChI is InChI=1S/C13H20F2N2/c1-13(2,17(3)4)11(16)8-9-6-5-7-10(14)12(9)15/h5-7,11H,8,16H2,1-4H3. The predicted molar refractivity (Wildman–Crippen MR) is 65.8 cm³/mol. The molecule has 0 saturated carbocycles. The van der Waals surface area contributed by atoms with Crippen LogP contribution >= 0.6 is 0 Å². The van der Waals surface area contributed by atoms with E-state index in [2.05, 4.69) is 0 Å². The normalized spacial score (nSPS) is 14.1. The number of nitrogens with zero attached hydrogens (tertiary/aromatic N) is 1. The van der Waals surface area contributed by atoms with Crippen molar-refractivity contribution in [2.75, 3.05) is 14.1 Å². The van der Waals surface area contributed by atoms with Gasteiger partial charge in [-0.3, -0.25) is 0 Å². The van der Waals surface area contributed by atoms with Gasteiger partial charge in [0.2, 0.25) is 0 Å². The Morgan fingerprint density at radius 2 is 1.88 bits per heavy atom. The number of hydrogen-bond acceptors (Lipinski definition) is 2. The molecular weight excluding hydrogens is 222 g/mol. The molecule has 0 saturated heterocycles. The molecule has 1 aromatic rings. The van der Waals surface area contributed by atoms with Gasteiger partial charge in [0, 0.05) is 11.6 Å². The Kier molecular flexibility index (Phi) is 4.22. The summed E-state index contributed by atoms with van der Waals surface area (Å²) in [6.07, 6.45) is 0.314. The molecular formula is C13H20F2N2. The molecule has 0 aliphatic rings. The summed E-state index contributed by atoms with van der Waals surface area (Å²) in [5.41, 5.74) is 6.12. The Hall–Kier alpha value is -1.00. The van der Waals surface area contributed by atoms with E-state index in [1.165, 1.54) is 6.07 Å². The average molecular weight is 242 g/mol. The summed E-state index contributed by atoms with van der Waals surface area (Å²) in [5.74, 6) is -1.62. The highest BCUT2D eigenvalue weighted by molar-refractivity contribution is 5.20. The molecule has 96 valence electrons. The van der Waals surface area contributed by atoms with Crippen LogP contribution in [0, 0.1) is 11.6 Å². The van der Waals surface area contributed by atoms with E-state index in [0.717, 1.165) is 6.07 Å². The number of benzene rings is 1. The van der Waals surface area contributed by atoms with Crippen LogP contribution in [0.1, 0.15) is 19.4 Å². The van der Waals surface area contributed by atoms with E-state index in [-0.39, 0.29) is 11.6 Å². The van der Waals surface area contributed by atoms with Gasteiger partial charge in [0.15, 0.2) is 11.6 Å². The summed E-state index contributed by atoms with van der Waals surface area (Å²) in [4.78, 5) is 1.98. The molecule has 0 bridgehead atoms. The van der Waals surface area contributed by atoms with E-state index >= 15 is 0 Å². The molecule has 1 atom stereocenters. The topological polar surface area (TPSA) is 29.3 Å². The second-order valence-corrected chi connectivity index (χ2v) is 5.07. The molecule has 0 aromatic heterocycles. The number of rotatable bonds is 4. The number of halogens is 2. The molecule has 0 amide bonds. The van der Waals surface area contributed by atoms with Gasteiger partial charge in [-0.15, -0.1) is 0 Å². The van der Waals surface area contributed by atoms with E-state index in [0.29, 0.717) is 12.0 Å². The summed E-state index contributed by atoms with van der Waals surface area (Å²) in [7, 11) is 3.84. The monoisotopic (exact) mass is 242 g/mol. The van der Waals surface area contributed by atoms with Gasteiger partial charge in [0.25, 0.3) is 0 Å². The van der Waals surface area contributed by atoms with E-state index in [1.54, 1.807) is 6.07 Å². The quantitative estimate of drug-likeness (QED) is 0.876. The van der Waals surface area contributed by atoms with Crippen molar-refractivity contribution in [3.63, 3.8) is 0 Å². The van der Waals surface area contributed by atoms with Crippen molar-refractivity contribution in [1.82, 2.24) is 4.90 Å².